The first-order chi connectivity index (χ1) is 13.6. The van der Waals surface area contributed by atoms with Gasteiger partial charge in [0.05, 0.1) is 17.1 Å². The highest BCUT2D eigenvalue weighted by Gasteiger charge is 1.97. The predicted octanol–water partition coefficient (Wildman–Crippen LogP) is 6.33. The number of nitrogens with zero attached hydrogens (tertiary/aromatic N) is 5. The zero-order chi connectivity index (χ0) is 21.9. The van der Waals surface area contributed by atoms with E-state index in [9.17, 15) is 0 Å². The van der Waals surface area contributed by atoms with Crippen molar-refractivity contribution >= 4 is 0 Å². The third kappa shape index (κ3) is 11.1. The summed E-state index contributed by atoms with van der Waals surface area (Å²) in [5.41, 5.74) is 3.98. The Hall–Kier alpha value is -2.69. The van der Waals surface area contributed by atoms with Gasteiger partial charge in [-0.15, -0.1) is 5.10 Å². The molecule has 0 amide bonds. The highest BCUT2D eigenvalue weighted by Crippen LogP contribution is 2.14. The Morgan fingerprint density at radius 3 is 1.61 bits per heavy atom. The van der Waals surface area contributed by atoms with Crippen molar-refractivity contribution in [3.63, 3.8) is 0 Å². The molecule has 5 heteroatoms. The van der Waals surface area contributed by atoms with Crippen molar-refractivity contribution in [1.82, 2.24) is 25.1 Å². The molecule has 0 N–H and O–H groups in total. The Morgan fingerprint density at radius 2 is 1.14 bits per heavy atom. The molecule has 0 radical (unpaired) electrons. The first kappa shape index (κ1) is 27.5. The molecule has 1 aromatic carbocycles. The Labute approximate surface area is 171 Å². The van der Waals surface area contributed by atoms with Crippen LogP contribution in [-0.2, 0) is 0 Å². The molecule has 0 atom stereocenters. The molecule has 0 aliphatic heterocycles. The average molecular weight is 384 g/mol. The maximum absolute atomic E-state index is 4.33. The van der Waals surface area contributed by atoms with Gasteiger partial charge in [0.1, 0.15) is 11.6 Å². The lowest BCUT2D eigenvalue weighted by atomic mass is 10.1. The molecule has 2 heterocycles. The fourth-order valence-corrected chi connectivity index (χ4v) is 1.79. The van der Waals surface area contributed by atoms with Gasteiger partial charge in [-0.1, -0.05) is 71.9 Å². The Balaban J connectivity index is 0. The van der Waals surface area contributed by atoms with Gasteiger partial charge in [-0.05, 0) is 33.8 Å². The average Bonchev–Trinajstić information content (AvgIpc) is 2.76. The molecule has 0 unspecified atom stereocenters. The molecule has 3 aromatic rings. The lowest BCUT2D eigenvalue weighted by Gasteiger charge is -1.99. The monoisotopic (exact) mass is 383 g/mol. The molecule has 0 spiro atoms. The predicted molar refractivity (Wildman–Crippen MR) is 120 cm³/mol. The zero-order valence-corrected chi connectivity index (χ0v) is 19.3. The summed E-state index contributed by atoms with van der Waals surface area (Å²) in [6.45, 7) is 19.6. The molecule has 0 aliphatic rings. The summed E-state index contributed by atoms with van der Waals surface area (Å²) in [6.07, 6.45) is 1.78. The molecular weight excluding hydrogens is 346 g/mol. The minimum atomic E-state index is 0.734. The molecule has 0 bridgehead atoms. The van der Waals surface area contributed by atoms with Crippen LogP contribution in [0.25, 0.3) is 11.3 Å². The first-order valence-corrected chi connectivity index (χ1v) is 10.1. The van der Waals surface area contributed by atoms with Crippen LogP contribution in [0.3, 0.4) is 0 Å². The van der Waals surface area contributed by atoms with Gasteiger partial charge >= 0.3 is 0 Å². The summed E-state index contributed by atoms with van der Waals surface area (Å²) in [5, 5.41) is 7.64. The Bertz CT molecular complexity index is 743. The lowest BCUT2D eigenvalue weighted by molar-refractivity contribution is 0.848. The second-order valence-electron chi connectivity index (χ2n) is 4.88. The van der Waals surface area contributed by atoms with E-state index in [1.54, 1.807) is 6.20 Å². The molecule has 3 rings (SSSR count). The van der Waals surface area contributed by atoms with Gasteiger partial charge in [0.2, 0.25) is 0 Å². The van der Waals surface area contributed by atoms with Crippen LogP contribution in [0.4, 0.5) is 0 Å². The Morgan fingerprint density at radius 1 is 0.571 bits per heavy atom. The smallest absolute Gasteiger partial charge is 0.148 e. The van der Waals surface area contributed by atoms with Crippen LogP contribution in [0.2, 0.25) is 0 Å². The van der Waals surface area contributed by atoms with Crippen molar-refractivity contribution in [3.05, 3.63) is 65.6 Å². The lowest BCUT2D eigenvalue weighted by Crippen LogP contribution is -1.97. The molecule has 0 saturated heterocycles. The van der Waals surface area contributed by atoms with E-state index in [4.69, 9.17) is 0 Å². The summed E-state index contributed by atoms with van der Waals surface area (Å²) in [5.74, 6) is 1.54. The van der Waals surface area contributed by atoms with E-state index in [0.717, 1.165) is 34.3 Å². The minimum Gasteiger partial charge on any atom is -0.242 e. The largest absolute Gasteiger partial charge is 0.242 e. The Kier molecular flexibility index (Phi) is 17.4. The van der Waals surface area contributed by atoms with Crippen molar-refractivity contribution in [3.8, 4) is 11.3 Å². The SMILES string of the molecule is CC.CC.CC.Cc1nccc(-c2ccccc2)n1.Cc1nnc(C)c(C)n1. The maximum atomic E-state index is 4.33. The van der Waals surface area contributed by atoms with Crippen molar-refractivity contribution in [2.24, 2.45) is 0 Å². The van der Waals surface area contributed by atoms with Gasteiger partial charge in [0, 0.05) is 11.8 Å². The second-order valence-corrected chi connectivity index (χ2v) is 4.88. The van der Waals surface area contributed by atoms with E-state index >= 15 is 0 Å². The molecule has 0 aliphatic carbocycles. The summed E-state index contributed by atoms with van der Waals surface area (Å²) in [6, 6.07) is 12.0. The van der Waals surface area contributed by atoms with Gasteiger partial charge in [-0.2, -0.15) is 5.10 Å². The number of aryl methyl sites for hydroxylation is 4. The normalized spacial score (nSPS) is 8.36. The molecule has 5 nitrogen and oxygen atoms in total. The van der Waals surface area contributed by atoms with E-state index < -0.39 is 0 Å². The van der Waals surface area contributed by atoms with Crippen molar-refractivity contribution in [2.75, 3.05) is 0 Å². The van der Waals surface area contributed by atoms with E-state index in [1.807, 2.05) is 106 Å². The number of aromatic nitrogens is 5. The highest BCUT2D eigenvalue weighted by molar-refractivity contribution is 5.58. The summed E-state index contributed by atoms with van der Waals surface area (Å²) in [7, 11) is 0. The van der Waals surface area contributed by atoms with Crippen LogP contribution < -0.4 is 0 Å². The van der Waals surface area contributed by atoms with Crippen molar-refractivity contribution < 1.29 is 0 Å². The molecule has 154 valence electrons. The summed E-state index contributed by atoms with van der Waals surface area (Å²) >= 11 is 0. The van der Waals surface area contributed by atoms with E-state index in [0.29, 0.717) is 0 Å². The molecule has 0 saturated carbocycles. The number of rotatable bonds is 1. The van der Waals surface area contributed by atoms with Crippen LogP contribution in [0.1, 0.15) is 64.6 Å². The third-order valence-corrected chi connectivity index (χ3v) is 3.04. The van der Waals surface area contributed by atoms with Crippen LogP contribution >= 0.6 is 0 Å². The van der Waals surface area contributed by atoms with Gasteiger partial charge in [0.25, 0.3) is 0 Å². The minimum absolute atomic E-state index is 0.734. The third-order valence-electron chi connectivity index (χ3n) is 3.04. The van der Waals surface area contributed by atoms with Gasteiger partial charge < -0.3 is 0 Å². The summed E-state index contributed by atoms with van der Waals surface area (Å²) in [4.78, 5) is 12.5. The number of hydrogen-bond acceptors (Lipinski definition) is 5. The molecule has 0 fully saturated rings. The van der Waals surface area contributed by atoms with Crippen LogP contribution in [0, 0.1) is 27.7 Å². The fraction of sp³-hybridized carbons (Fsp3) is 0.435. The maximum Gasteiger partial charge on any atom is 0.148 e. The van der Waals surface area contributed by atoms with Gasteiger partial charge in [-0.3, -0.25) is 0 Å². The highest BCUT2D eigenvalue weighted by atomic mass is 15.1. The van der Waals surface area contributed by atoms with E-state index in [2.05, 4.69) is 25.1 Å². The summed E-state index contributed by atoms with van der Waals surface area (Å²) < 4.78 is 0. The van der Waals surface area contributed by atoms with Crippen molar-refractivity contribution in [2.45, 2.75) is 69.2 Å². The second kappa shape index (κ2) is 17.7. The quantitative estimate of drug-likeness (QED) is 0.491. The van der Waals surface area contributed by atoms with Gasteiger partial charge in [0.15, 0.2) is 0 Å². The standard InChI is InChI=1S/C11H10N2.C6H9N3.3C2H6/c1-9-12-8-7-11(13-9)10-5-3-2-4-6-10;1-4-5(2)8-9-6(3)7-4;3*1-2/h2-8H,1H3;1-3H3;3*1-2H3. The zero-order valence-electron chi connectivity index (χ0n) is 19.3. The van der Waals surface area contributed by atoms with Crippen LogP contribution in [-0.4, -0.2) is 25.1 Å². The number of benzene rings is 1. The van der Waals surface area contributed by atoms with Crippen LogP contribution in [0.15, 0.2) is 42.6 Å². The van der Waals surface area contributed by atoms with Crippen molar-refractivity contribution in [1.29, 1.82) is 0 Å². The molecule has 2 aromatic heterocycles. The molecule has 28 heavy (non-hydrogen) atoms. The van der Waals surface area contributed by atoms with E-state index in [1.165, 1.54) is 0 Å². The fourth-order valence-electron chi connectivity index (χ4n) is 1.79. The van der Waals surface area contributed by atoms with E-state index in [-0.39, 0.29) is 0 Å². The molecular formula is C23H37N5. The topological polar surface area (TPSA) is 64.5 Å². The first-order valence-electron chi connectivity index (χ1n) is 10.1. The van der Waals surface area contributed by atoms with Gasteiger partial charge in [-0.25, -0.2) is 15.0 Å². The van der Waals surface area contributed by atoms with Crippen LogP contribution in [0.5, 0.6) is 0 Å². The number of hydrogen-bond donors (Lipinski definition) is 0.